The van der Waals surface area contributed by atoms with Crippen LogP contribution < -0.4 is 10.2 Å². The normalized spacial score (nSPS) is 12.3. The van der Waals surface area contributed by atoms with Crippen LogP contribution in [0.25, 0.3) is 0 Å². The van der Waals surface area contributed by atoms with Crippen molar-refractivity contribution in [2.75, 3.05) is 30.9 Å². The quantitative estimate of drug-likeness (QED) is 0.781. The van der Waals surface area contributed by atoms with E-state index in [1.54, 1.807) is 25.9 Å². The Hall–Kier alpha value is -1.14. The first-order chi connectivity index (χ1) is 7.02. The zero-order valence-electron chi connectivity index (χ0n) is 8.90. The van der Waals surface area contributed by atoms with Gasteiger partial charge in [-0.15, -0.1) is 0 Å². The highest BCUT2D eigenvalue weighted by Gasteiger charge is 2.10. The second-order valence-corrected chi connectivity index (χ2v) is 3.55. The zero-order valence-corrected chi connectivity index (χ0v) is 9.65. The molecule has 0 amide bonds. The molecule has 0 aliphatic carbocycles. The molecule has 0 aliphatic rings. The molecule has 0 aliphatic heterocycles. The molecule has 7 heteroatoms. The minimum atomic E-state index is -0.455. The largest absolute Gasteiger partial charge is 0.392 e. The SMILES string of the molecule is CNc1nc(Cl)nc(N(C)CC(C)O)n1. The molecule has 0 aromatic carbocycles. The van der Waals surface area contributed by atoms with E-state index in [1.165, 1.54) is 0 Å². The summed E-state index contributed by atoms with van der Waals surface area (Å²) in [6, 6.07) is 0. The van der Waals surface area contributed by atoms with E-state index < -0.39 is 6.10 Å². The van der Waals surface area contributed by atoms with Gasteiger partial charge < -0.3 is 15.3 Å². The van der Waals surface area contributed by atoms with Gasteiger partial charge in [-0.25, -0.2) is 0 Å². The van der Waals surface area contributed by atoms with E-state index in [0.717, 1.165) is 0 Å². The van der Waals surface area contributed by atoms with Crippen LogP contribution in [0.3, 0.4) is 0 Å². The second kappa shape index (κ2) is 5.09. The van der Waals surface area contributed by atoms with Gasteiger partial charge in [0.2, 0.25) is 17.2 Å². The van der Waals surface area contributed by atoms with Crippen molar-refractivity contribution >= 4 is 23.5 Å². The summed E-state index contributed by atoms with van der Waals surface area (Å²) in [6.45, 7) is 2.13. The van der Waals surface area contributed by atoms with Gasteiger partial charge in [0.15, 0.2) is 0 Å². The van der Waals surface area contributed by atoms with Crippen molar-refractivity contribution < 1.29 is 5.11 Å². The first kappa shape index (κ1) is 11.9. The monoisotopic (exact) mass is 231 g/mol. The Bertz CT molecular complexity index is 333. The molecule has 2 N–H and O–H groups in total. The molecule has 1 atom stereocenters. The molecule has 84 valence electrons. The number of nitrogens with one attached hydrogen (secondary N) is 1. The maximum Gasteiger partial charge on any atom is 0.231 e. The van der Waals surface area contributed by atoms with E-state index in [9.17, 15) is 5.11 Å². The van der Waals surface area contributed by atoms with Crippen molar-refractivity contribution in [3.63, 3.8) is 0 Å². The smallest absolute Gasteiger partial charge is 0.231 e. The van der Waals surface area contributed by atoms with E-state index in [1.807, 2.05) is 0 Å². The highest BCUT2D eigenvalue weighted by molar-refractivity contribution is 6.28. The third-order valence-corrected chi connectivity index (χ3v) is 1.87. The van der Waals surface area contributed by atoms with E-state index >= 15 is 0 Å². The van der Waals surface area contributed by atoms with Gasteiger partial charge >= 0.3 is 0 Å². The average Bonchev–Trinajstić information content (AvgIpc) is 2.15. The molecule has 0 fully saturated rings. The fourth-order valence-electron chi connectivity index (χ4n) is 1.10. The Morgan fingerprint density at radius 2 is 2.13 bits per heavy atom. The maximum atomic E-state index is 9.22. The number of aromatic nitrogens is 3. The summed E-state index contributed by atoms with van der Waals surface area (Å²) < 4.78 is 0. The van der Waals surface area contributed by atoms with Gasteiger partial charge in [-0.3, -0.25) is 0 Å². The van der Waals surface area contributed by atoms with Gasteiger partial charge in [0.05, 0.1) is 6.10 Å². The molecule has 1 aromatic rings. The highest BCUT2D eigenvalue weighted by atomic mass is 35.5. The minimum absolute atomic E-state index is 0.127. The molecule has 1 unspecified atom stereocenters. The lowest BCUT2D eigenvalue weighted by molar-refractivity contribution is 0.201. The molecule has 0 radical (unpaired) electrons. The van der Waals surface area contributed by atoms with Gasteiger partial charge in [-0.1, -0.05) is 0 Å². The summed E-state index contributed by atoms with van der Waals surface area (Å²) in [7, 11) is 3.47. The van der Waals surface area contributed by atoms with E-state index in [0.29, 0.717) is 18.4 Å². The molecule has 1 aromatic heterocycles. The Morgan fingerprint density at radius 1 is 1.47 bits per heavy atom. The second-order valence-electron chi connectivity index (χ2n) is 3.21. The van der Waals surface area contributed by atoms with Crippen LogP contribution in [0.15, 0.2) is 0 Å². The van der Waals surface area contributed by atoms with Crippen molar-refractivity contribution in [3.8, 4) is 0 Å². The molecule has 1 heterocycles. The summed E-state index contributed by atoms with van der Waals surface area (Å²) in [5, 5.41) is 12.1. The fraction of sp³-hybridized carbons (Fsp3) is 0.625. The van der Waals surface area contributed by atoms with Crippen LogP contribution in [0.5, 0.6) is 0 Å². The van der Waals surface area contributed by atoms with Crippen molar-refractivity contribution in [1.82, 2.24) is 15.0 Å². The van der Waals surface area contributed by atoms with Crippen LogP contribution in [0.1, 0.15) is 6.92 Å². The molecule has 15 heavy (non-hydrogen) atoms. The Labute approximate surface area is 93.3 Å². The fourth-order valence-corrected chi connectivity index (χ4v) is 1.26. The highest BCUT2D eigenvalue weighted by Crippen LogP contribution is 2.12. The van der Waals surface area contributed by atoms with Gasteiger partial charge in [0.1, 0.15) is 0 Å². The Balaban J connectivity index is 2.88. The first-order valence-corrected chi connectivity index (χ1v) is 4.89. The van der Waals surface area contributed by atoms with Crippen molar-refractivity contribution in [2.45, 2.75) is 13.0 Å². The molecule has 0 spiro atoms. The number of rotatable bonds is 4. The maximum absolute atomic E-state index is 9.22. The van der Waals surface area contributed by atoms with Crippen molar-refractivity contribution in [1.29, 1.82) is 0 Å². The Kier molecular flexibility index (Phi) is 4.05. The van der Waals surface area contributed by atoms with Crippen LogP contribution in [-0.4, -0.2) is 46.8 Å². The molecular formula is C8H14ClN5O. The third kappa shape index (κ3) is 3.49. The average molecular weight is 232 g/mol. The van der Waals surface area contributed by atoms with Gasteiger partial charge in [0, 0.05) is 20.6 Å². The molecule has 1 rings (SSSR count). The number of likely N-dealkylation sites (N-methyl/N-ethyl adjacent to an activating group) is 1. The summed E-state index contributed by atoms with van der Waals surface area (Å²) in [5.41, 5.74) is 0. The molecule has 0 saturated carbocycles. The van der Waals surface area contributed by atoms with E-state index in [2.05, 4.69) is 20.3 Å². The molecule has 0 bridgehead atoms. The van der Waals surface area contributed by atoms with Crippen LogP contribution in [0, 0.1) is 0 Å². The summed E-state index contributed by atoms with van der Waals surface area (Å²) in [6.07, 6.45) is -0.455. The third-order valence-electron chi connectivity index (χ3n) is 1.70. The van der Waals surface area contributed by atoms with E-state index in [-0.39, 0.29) is 5.28 Å². The first-order valence-electron chi connectivity index (χ1n) is 4.51. The number of nitrogens with zero attached hydrogens (tertiary/aromatic N) is 4. The van der Waals surface area contributed by atoms with Crippen LogP contribution in [0.4, 0.5) is 11.9 Å². The minimum Gasteiger partial charge on any atom is -0.392 e. The molecular weight excluding hydrogens is 218 g/mol. The lowest BCUT2D eigenvalue weighted by Crippen LogP contribution is -2.28. The molecule has 6 nitrogen and oxygen atoms in total. The van der Waals surface area contributed by atoms with Gasteiger partial charge in [0.25, 0.3) is 0 Å². The number of halogens is 1. The van der Waals surface area contributed by atoms with Crippen LogP contribution in [-0.2, 0) is 0 Å². The lowest BCUT2D eigenvalue weighted by Gasteiger charge is -2.18. The molecule has 0 saturated heterocycles. The number of hydrogen-bond donors (Lipinski definition) is 2. The number of hydrogen-bond acceptors (Lipinski definition) is 6. The lowest BCUT2D eigenvalue weighted by atomic mass is 10.4. The topological polar surface area (TPSA) is 74.2 Å². The number of anilines is 2. The standard InChI is InChI=1S/C8H14ClN5O/c1-5(15)4-14(3)8-12-6(9)11-7(10-2)13-8/h5,15H,4H2,1-3H3,(H,10,11,12,13). The van der Waals surface area contributed by atoms with Crippen LogP contribution >= 0.6 is 11.6 Å². The predicted octanol–water partition coefficient (Wildman–Crippen LogP) is 0.384. The summed E-state index contributed by atoms with van der Waals surface area (Å²) >= 11 is 5.72. The Morgan fingerprint density at radius 3 is 2.67 bits per heavy atom. The van der Waals surface area contributed by atoms with Crippen molar-refractivity contribution in [3.05, 3.63) is 5.28 Å². The van der Waals surface area contributed by atoms with Gasteiger partial charge in [-0.2, -0.15) is 15.0 Å². The van der Waals surface area contributed by atoms with Crippen molar-refractivity contribution in [2.24, 2.45) is 0 Å². The van der Waals surface area contributed by atoms with E-state index in [4.69, 9.17) is 11.6 Å². The number of aliphatic hydroxyl groups excluding tert-OH is 1. The van der Waals surface area contributed by atoms with Gasteiger partial charge in [-0.05, 0) is 18.5 Å². The number of aliphatic hydroxyl groups is 1. The zero-order chi connectivity index (χ0) is 11.4. The predicted molar refractivity (Wildman–Crippen MR) is 59.3 cm³/mol. The summed E-state index contributed by atoms with van der Waals surface area (Å²) in [5.74, 6) is 0.836. The van der Waals surface area contributed by atoms with Crippen LogP contribution in [0.2, 0.25) is 5.28 Å². The summed E-state index contributed by atoms with van der Waals surface area (Å²) in [4.78, 5) is 13.6.